The first-order valence-corrected chi connectivity index (χ1v) is 7.71. The summed E-state index contributed by atoms with van der Waals surface area (Å²) in [6.07, 6.45) is 5.32. The number of carboxylic acid groups (broad SMARTS) is 1. The SMILES string of the molecule is CCC(NC(=O)C1CCCCC1)(C(=O)O)c1ccccc1. The highest BCUT2D eigenvalue weighted by Gasteiger charge is 2.41. The Morgan fingerprint density at radius 2 is 1.81 bits per heavy atom. The molecule has 4 heteroatoms. The normalized spacial score (nSPS) is 18.7. The van der Waals surface area contributed by atoms with E-state index in [1.54, 1.807) is 31.2 Å². The first-order chi connectivity index (χ1) is 10.1. The molecule has 114 valence electrons. The Bertz CT molecular complexity index is 494. The summed E-state index contributed by atoms with van der Waals surface area (Å²) in [5, 5.41) is 12.5. The van der Waals surface area contributed by atoms with Gasteiger partial charge in [0.05, 0.1) is 0 Å². The molecule has 1 unspecified atom stereocenters. The quantitative estimate of drug-likeness (QED) is 0.875. The van der Waals surface area contributed by atoms with Crippen LogP contribution in [0.4, 0.5) is 0 Å². The van der Waals surface area contributed by atoms with Crippen LogP contribution in [-0.4, -0.2) is 17.0 Å². The van der Waals surface area contributed by atoms with Gasteiger partial charge in [-0.05, 0) is 24.8 Å². The van der Waals surface area contributed by atoms with Gasteiger partial charge >= 0.3 is 5.97 Å². The Labute approximate surface area is 125 Å². The van der Waals surface area contributed by atoms with Gasteiger partial charge in [0.15, 0.2) is 5.54 Å². The second kappa shape index (κ2) is 6.74. The number of amides is 1. The molecule has 2 rings (SSSR count). The Morgan fingerprint density at radius 3 is 2.33 bits per heavy atom. The highest BCUT2D eigenvalue weighted by molar-refractivity contribution is 5.89. The van der Waals surface area contributed by atoms with Crippen LogP contribution in [0.25, 0.3) is 0 Å². The third kappa shape index (κ3) is 3.26. The molecule has 1 saturated carbocycles. The second-order valence-electron chi connectivity index (χ2n) is 5.75. The van der Waals surface area contributed by atoms with Crippen LogP contribution < -0.4 is 5.32 Å². The zero-order valence-electron chi connectivity index (χ0n) is 12.5. The van der Waals surface area contributed by atoms with Crippen molar-refractivity contribution in [3.63, 3.8) is 0 Å². The minimum Gasteiger partial charge on any atom is -0.479 e. The highest BCUT2D eigenvalue weighted by atomic mass is 16.4. The molecule has 1 aromatic carbocycles. The van der Waals surface area contributed by atoms with Crippen molar-refractivity contribution >= 4 is 11.9 Å². The van der Waals surface area contributed by atoms with Gasteiger partial charge in [0, 0.05) is 5.92 Å². The topological polar surface area (TPSA) is 66.4 Å². The number of rotatable bonds is 5. The fourth-order valence-electron chi connectivity index (χ4n) is 3.09. The van der Waals surface area contributed by atoms with Gasteiger partial charge in [-0.2, -0.15) is 0 Å². The first kappa shape index (κ1) is 15.5. The van der Waals surface area contributed by atoms with Crippen molar-refractivity contribution in [1.29, 1.82) is 0 Å². The number of aliphatic carboxylic acids is 1. The Balaban J connectivity index is 2.24. The lowest BCUT2D eigenvalue weighted by molar-refractivity contribution is -0.149. The number of carboxylic acids is 1. The van der Waals surface area contributed by atoms with Gasteiger partial charge in [0.25, 0.3) is 0 Å². The highest BCUT2D eigenvalue weighted by Crippen LogP contribution is 2.29. The molecule has 0 aromatic heterocycles. The summed E-state index contributed by atoms with van der Waals surface area (Å²) in [6, 6.07) is 8.97. The predicted octanol–water partition coefficient (Wildman–Crippen LogP) is 3.07. The van der Waals surface area contributed by atoms with E-state index in [0.717, 1.165) is 25.7 Å². The number of nitrogens with one attached hydrogen (secondary N) is 1. The summed E-state index contributed by atoms with van der Waals surface area (Å²) in [4.78, 5) is 24.3. The van der Waals surface area contributed by atoms with E-state index in [1.807, 2.05) is 6.07 Å². The van der Waals surface area contributed by atoms with Crippen LogP contribution >= 0.6 is 0 Å². The fraction of sp³-hybridized carbons (Fsp3) is 0.529. The predicted molar refractivity (Wildman–Crippen MR) is 80.8 cm³/mol. The van der Waals surface area contributed by atoms with Crippen molar-refractivity contribution in [2.45, 2.75) is 51.0 Å². The van der Waals surface area contributed by atoms with Crippen LogP contribution in [0.2, 0.25) is 0 Å². The van der Waals surface area contributed by atoms with Gasteiger partial charge in [-0.1, -0.05) is 56.5 Å². The van der Waals surface area contributed by atoms with E-state index in [-0.39, 0.29) is 11.8 Å². The molecule has 1 aromatic rings. The monoisotopic (exact) mass is 289 g/mol. The zero-order chi connectivity index (χ0) is 15.3. The van der Waals surface area contributed by atoms with Gasteiger partial charge in [-0.25, -0.2) is 4.79 Å². The van der Waals surface area contributed by atoms with Crippen LogP contribution in [-0.2, 0) is 15.1 Å². The van der Waals surface area contributed by atoms with Gasteiger partial charge in [-0.3, -0.25) is 4.79 Å². The van der Waals surface area contributed by atoms with E-state index in [2.05, 4.69) is 5.32 Å². The summed E-state index contributed by atoms with van der Waals surface area (Å²) in [5.74, 6) is -1.17. The molecule has 0 radical (unpaired) electrons. The number of hydrogen-bond acceptors (Lipinski definition) is 2. The third-order valence-electron chi connectivity index (χ3n) is 4.47. The second-order valence-corrected chi connectivity index (χ2v) is 5.75. The molecule has 21 heavy (non-hydrogen) atoms. The maximum Gasteiger partial charge on any atom is 0.334 e. The van der Waals surface area contributed by atoms with Gasteiger partial charge in [0.2, 0.25) is 5.91 Å². The zero-order valence-corrected chi connectivity index (χ0v) is 12.5. The van der Waals surface area contributed by atoms with Crippen LogP contribution in [0, 0.1) is 5.92 Å². The average Bonchev–Trinajstić information content (AvgIpc) is 2.54. The lowest BCUT2D eigenvalue weighted by Crippen LogP contribution is -2.53. The Kier molecular flexibility index (Phi) is 4.99. The number of hydrogen-bond donors (Lipinski definition) is 2. The van der Waals surface area contributed by atoms with Crippen LogP contribution in [0.3, 0.4) is 0 Å². The Morgan fingerprint density at radius 1 is 1.19 bits per heavy atom. The number of benzene rings is 1. The molecule has 1 atom stereocenters. The van der Waals surface area contributed by atoms with E-state index < -0.39 is 11.5 Å². The fourth-order valence-corrected chi connectivity index (χ4v) is 3.09. The molecule has 1 aliphatic carbocycles. The van der Waals surface area contributed by atoms with Crippen molar-refractivity contribution in [1.82, 2.24) is 5.32 Å². The van der Waals surface area contributed by atoms with Crippen molar-refractivity contribution in [3.8, 4) is 0 Å². The molecule has 1 amide bonds. The third-order valence-corrected chi connectivity index (χ3v) is 4.47. The number of carbonyl (C=O) groups excluding carboxylic acids is 1. The molecule has 0 saturated heterocycles. The summed E-state index contributed by atoms with van der Waals surface area (Å²) in [6.45, 7) is 1.79. The molecule has 0 spiro atoms. The van der Waals surface area contributed by atoms with E-state index >= 15 is 0 Å². The molecule has 0 bridgehead atoms. The van der Waals surface area contributed by atoms with Gasteiger partial charge in [-0.15, -0.1) is 0 Å². The maximum atomic E-state index is 12.5. The molecule has 4 nitrogen and oxygen atoms in total. The van der Waals surface area contributed by atoms with E-state index in [4.69, 9.17) is 0 Å². The molecule has 2 N–H and O–H groups in total. The first-order valence-electron chi connectivity index (χ1n) is 7.71. The summed E-state index contributed by atoms with van der Waals surface area (Å²) >= 11 is 0. The molecule has 0 heterocycles. The maximum absolute atomic E-state index is 12.5. The van der Waals surface area contributed by atoms with Crippen LogP contribution in [0.15, 0.2) is 30.3 Å². The van der Waals surface area contributed by atoms with Crippen molar-refractivity contribution < 1.29 is 14.7 Å². The van der Waals surface area contributed by atoms with E-state index in [9.17, 15) is 14.7 Å². The summed E-state index contributed by atoms with van der Waals surface area (Å²) in [5.41, 5.74) is -0.695. The van der Waals surface area contributed by atoms with Crippen LogP contribution in [0.5, 0.6) is 0 Å². The molecular formula is C17H23NO3. The van der Waals surface area contributed by atoms with E-state index in [1.165, 1.54) is 6.42 Å². The van der Waals surface area contributed by atoms with Crippen LogP contribution in [0.1, 0.15) is 51.0 Å². The average molecular weight is 289 g/mol. The van der Waals surface area contributed by atoms with Gasteiger partial charge < -0.3 is 10.4 Å². The summed E-state index contributed by atoms with van der Waals surface area (Å²) in [7, 11) is 0. The van der Waals surface area contributed by atoms with Gasteiger partial charge in [0.1, 0.15) is 0 Å². The smallest absolute Gasteiger partial charge is 0.334 e. The minimum absolute atomic E-state index is 0.0484. The summed E-state index contributed by atoms with van der Waals surface area (Å²) < 4.78 is 0. The molecule has 1 aliphatic rings. The largest absolute Gasteiger partial charge is 0.479 e. The van der Waals surface area contributed by atoms with Crippen molar-refractivity contribution in [2.24, 2.45) is 5.92 Å². The molecule has 1 fully saturated rings. The van der Waals surface area contributed by atoms with Crippen molar-refractivity contribution in [3.05, 3.63) is 35.9 Å². The van der Waals surface area contributed by atoms with E-state index in [0.29, 0.717) is 12.0 Å². The lowest BCUT2D eigenvalue weighted by Gasteiger charge is -2.32. The van der Waals surface area contributed by atoms with Crippen molar-refractivity contribution in [2.75, 3.05) is 0 Å². The standard InChI is InChI=1S/C17H23NO3/c1-2-17(16(20)21,14-11-7-4-8-12-14)18-15(19)13-9-5-3-6-10-13/h4,7-8,11-13H,2-3,5-6,9-10H2,1H3,(H,18,19)(H,20,21). The number of carbonyl (C=O) groups is 2. The minimum atomic E-state index is -1.32. The molecule has 0 aliphatic heterocycles. The molecular weight excluding hydrogens is 266 g/mol. The Hall–Kier alpha value is -1.84. The lowest BCUT2D eigenvalue weighted by atomic mass is 9.84.